The van der Waals surface area contributed by atoms with E-state index in [1.807, 2.05) is 6.07 Å². The summed E-state index contributed by atoms with van der Waals surface area (Å²) in [4.78, 5) is 2.46. The Morgan fingerprint density at radius 2 is 2.12 bits per heavy atom. The van der Waals surface area contributed by atoms with Crippen LogP contribution in [0.3, 0.4) is 0 Å². The Bertz CT molecular complexity index is 363. The highest BCUT2D eigenvalue weighted by Crippen LogP contribution is 2.33. The molecule has 0 amide bonds. The van der Waals surface area contributed by atoms with Gasteiger partial charge in [0, 0.05) is 6.04 Å². The molecular formula is C13H18BrNO. The van der Waals surface area contributed by atoms with Crippen LogP contribution in [0.4, 0.5) is 0 Å². The second kappa shape index (κ2) is 5.19. The van der Waals surface area contributed by atoms with Gasteiger partial charge in [-0.1, -0.05) is 26.0 Å². The molecule has 88 valence electrons. The van der Waals surface area contributed by atoms with Crippen LogP contribution in [0.25, 0.3) is 0 Å². The van der Waals surface area contributed by atoms with E-state index in [9.17, 15) is 0 Å². The summed E-state index contributed by atoms with van der Waals surface area (Å²) in [6.07, 6.45) is 1.09. The lowest BCUT2D eigenvalue weighted by Crippen LogP contribution is -2.42. The molecule has 0 bridgehead atoms. The number of para-hydroxylation sites is 1. The average Bonchev–Trinajstić information content (AvgIpc) is 2.31. The molecule has 0 radical (unpaired) electrons. The third kappa shape index (κ3) is 2.25. The Hall–Kier alpha value is -0.540. The Labute approximate surface area is 106 Å². The maximum absolute atomic E-state index is 5.86. The van der Waals surface area contributed by atoms with Gasteiger partial charge in [0.2, 0.25) is 0 Å². The maximum Gasteiger partial charge on any atom is 0.136 e. The Morgan fingerprint density at radius 1 is 1.38 bits per heavy atom. The number of nitrogens with zero attached hydrogens (tertiary/aromatic N) is 1. The fraction of sp³-hybridized carbons (Fsp3) is 0.538. The van der Waals surface area contributed by atoms with Crippen LogP contribution in [0.1, 0.15) is 19.4 Å². The van der Waals surface area contributed by atoms with E-state index >= 15 is 0 Å². The number of rotatable bonds is 3. The molecule has 0 saturated carbocycles. The van der Waals surface area contributed by atoms with E-state index in [1.165, 1.54) is 5.56 Å². The van der Waals surface area contributed by atoms with Crippen LogP contribution >= 0.6 is 15.9 Å². The molecule has 1 aliphatic rings. The third-order valence-corrected chi connectivity index (χ3v) is 3.88. The lowest BCUT2D eigenvalue weighted by Gasteiger charge is -2.33. The Morgan fingerprint density at radius 3 is 2.81 bits per heavy atom. The topological polar surface area (TPSA) is 12.5 Å². The van der Waals surface area contributed by atoms with Gasteiger partial charge in [0.25, 0.3) is 0 Å². The second-order valence-corrected chi connectivity index (χ2v) is 4.97. The molecule has 0 aliphatic carbocycles. The minimum atomic E-state index is 0.525. The van der Waals surface area contributed by atoms with E-state index in [-0.39, 0.29) is 0 Å². The zero-order chi connectivity index (χ0) is 11.5. The SMILES string of the molecule is CCN(CC)C1COc2c(Br)cccc2C1. The summed E-state index contributed by atoms with van der Waals surface area (Å²) >= 11 is 3.53. The number of likely N-dealkylation sites (N-methyl/N-ethyl adjacent to an activating group) is 1. The number of ether oxygens (including phenoxy) is 1. The zero-order valence-electron chi connectivity index (χ0n) is 9.87. The van der Waals surface area contributed by atoms with E-state index in [0.29, 0.717) is 6.04 Å². The van der Waals surface area contributed by atoms with E-state index in [1.54, 1.807) is 0 Å². The van der Waals surface area contributed by atoms with Gasteiger partial charge < -0.3 is 4.74 Å². The van der Waals surface area contributed by atoms with Crippen LogP contribution in [0.2, 0.25) is 0 Å². The number of benzene rings is 1. The summed E-state index contributed by atoms with van der Waals surface area (Å²) in [5.74, 6) is 1.03. The summed E-state index contributed by atoms with van der Waals surface area (Å²) in [5, 5.41) is 0. The van der Waals surface area contributed by atoms with E-state index < -0.39 is 0 Å². The van der Waals surface area contributed by atoms with Gasteiger partial charge in [-0.2, -0.15) is 0 Å². The van der Waals surface area contributed by atoms with Crippen molar-refractivity contribution in [2.24, 2.45) is 0 Å². The van der Waals surface area contributed by atoms with Crippen molar-refractivity contribution < 1.29 is 4.74 Å². The predicted molar refractivity (Wildman–Crippen MR) is 70.1 cm³/mol. The molecule has 0 saturated heterocycles. The predicted octanol–water partition coefficient (Wildman–Crippen LogP) is 3.09. The normalized spacial score (nSPS) is 19.4. The number of hydrogen-bond donors (Lipinski definition) is 0. The van der Waals surface area contributed by atoms with E-state index in [0.717, 1.165) is 36.3 Å². The van der Waals surface area contributed by atoms with Crippen LogP contribution in [0, 0.1) is 0 Å². The zero-order valence-corrected chi connectivity index (χ0v) is 11.5. The maximum atomic E-state index is 5.86. The van der Waals surface area contributed by atoms with Crippen LogP contribution in [-0.4, -0.2) is 30.6 Å². The summed E-state index contributed by atoms with van der Waals surface area (Å²) < 4.78 is 6.94. The van der Waals surface area contributed by atoms with Crippen molar-refractivity contribution in [1.29, 1.82) is 0 Å². The highest BCUT2D eigenvalue weighted by molar-refractivity contribution is 9.10. The molecule has 16 heavy (non-hydrogen) atoms. The Balaban J connectivity index is 2.17. The number of halogens is 1. The van der Waals surface area contributed by atoms with Crippen LogP contribution in [0.5, 0.6) is 5.75 Å². The Kier molecular flexibility index (Phi) is 3.87. The second-order valence-electron chi connectivity index (χ2n) is 4.12. The monoisotopic (exact) mass is 283 g/mol. The average molecular weight is 284 g/mol. The van der Waals surface area contributed by atoms with Crippen LogP contribution in [0.15, 0.2) is 22.7 Å². The van der Waals surface area contributed by atoms with Crippen LogP contribution < -0.4 is 4.74 Å². The summed E-state index contributed by atoms with van der Waals surface area (Å²) in [6.45, 7) is 7.40. The van der Waals surface area contributed by atoms with E-state index in [4.69, 9.17) is 4.74 Å². The van der Waals surface area contributed by atoms with Gasteiger partial charge in [-0.15, -0.1) is 0 Å². The molecule has 0 fully saturated rings. The van der Waals surface area contributed by atoms with Gasteiger partial charge in [0.1, 0.15) is 12.4 Å². The van der Waals surface area contributed by atoms with Crippen LogP contribution in [-0.2, 0) is 6.42 Å². The lowest BCUT2D eigenvalue weighted by molar-refractivity contribution is 0.129. The highest BCUT2D eigenvalue weighted by atomic mass is 79.9. The van der Waals surface area contributed by atoms with Crippen molar-refractivity contribution in [3.8, 4) is 5.75 Å². The molecule has 1 unspecified atom stereocenters. The molecule has 1 aromatic rings. The molecule has 2 rings (SSSR count). The minimum absolute atomic E-state index is 0.525. The summed E-state index contributed by atoms with van der Waals surface area (Å²) in [7, 11) is 0. The first-order valence-corrected chi connectivity index (χ1v) is 6.69. The molecule has 1 heterocycles. The summed E-state index contributed by atoms with van der Waals surface area (Å²) in [6, 6.07) is 6.81. The molecule has 1 aliphatic heterocycles. The molecule has 1 aromatic carbocycles. The molecule has 0 spiro atoms. The quantitative estimate of drug-likeness (QED) is 0.845. The fourth-order valence-corrected chi connectivity index (χ4v) is 2.86. The highest BCUT2D eigenvalue weighted by Gasteiger charge is 2.24. The largest absolute Gasteiger partial charge is 0.490 e. The molecule has 2 nitrogen and oxygen atoms in total. The number of fused-ring (bicyclic) bond motifs is 1. The van der Waals surface area contributed by atoms with Crippen molar-refractivity contribution in [3.63, 3.8) is 0 Å². The molecule has 0 aromatic heterocycles. The first kappa shape index (κ1) is 11.9. The van der Waals surface area contributed by atoms with Gasteiger partial charge >= 0.3 is 0 Å². The molecule has 3 heteroatoms. The molecule has 1 atom stereocenters. The van der Waals surface area contributed by atoms with Gasteiger partial charge in [-0.3, -0.25) is 4.90 Å². The minimum Gasteiger partial charge on any atom is -0.490 e. The van der Waals surface area contributed by atoms with Gasteiger partial charge in [-0.05, 0) is 47.1 Å². The van der Waals surface area contributed by atoms with Gasteiger partial charge in [-0.25, -0.2) is 0 Å². The standard InChI is InChI=1S/C13H18BrNO/c1-3-15(4-2)11-8-10-6-5-7-12(14)13(10)16-9-11/h5-7,11H,3-4,8-9H2,1-2H3. The first-order valence-electron chi connectivity index (χ1n) is 5.90. The molecular weight excluding hydrogens is 266 g/mol. The first-order chi connectivity index (χ1) is 7.76. The van der Waals surface area contributed by atoms with Crippen molar-refractivity contribution in [2.75, 3.05) is 19.7 Å². The van der Waals surface area contributed by atoms with Crippen molar-refractivity contribution >= 4 is 15.9 Å². The third-order valence-electron chi connectivity index (χ3n) is 3.25. The fourth-order valence-electron chi connectivity index (χ4n) is 2.34. The van der Waals surface area contributed by atoms with Crippen molar-refractivity contribution in [3.05, 3.63) is 28.2 Å². The van der Waals surface area contributed by atoms with Crippen molar-refractivity contribution in [2.45, 2.75) is 26.3 Å². The smallest absolute Gasteiger partial charge is 0.136 e. The summed E-state index contributed by atoms with van der Waals surface area (Å²) in [5.41, 5.74) is 1.32. The van der Waals surface area contributed by atoms with Gasteiger partial charge in [0.05, 0.1) is 4.47 Å². The van der Waals surface area contributed by atoms with Crippen molar-refractivity contribution in [1.82, 2.24) is 4.90 Å². The molecule has 0 N–H and O–H groups in total. The lowest BCUT2D eigenvalue weighted by atomic mass is 10.0. The van der Waals surface area contributed by atoms with Gasteiger partial charge in [0.15, 0.2) is 0 Å². The van der Waals surface area contributed by atoms with E-state index in [2.05, 4.69) is 46.8 Å². The number of hydrogen-bond acceptors (Lipinski definition) is 2.